The first kappa shape index (κ1) is 15.6. The summed E-state index contributed by atoms with van der Waals surface area (Å²) >= 11 is 0. The van der Waals surface area contributed by atoms with E-state index in [0.717, 1.165) is 17.7 Å². The van der Waals surface area contributed by atoms with Gasteiger partial charge in [0.25, 0.3) is 5.91 Å². The monoisotopic (exact) mass is 311 g/mol. The van der Waals surface area contributed by atoms with Gasteiger partial charge in [-0.1, -0.05) is 36.4 Å². The van der Waals surface area contributed by atoms with E-state index in [1.807, 2.05) is 48.5 Å². The van der Waals surface area contributed by atoms with Crippen LogP contribution in [-0.4, -0.2) is 23.5 Å². The van der Waals surface area contributed by atoms with Crippen LogP contribution in [0.2, 0.25) is 0 Å². The van der Waals surface area contributed by atoms with Gasteiger partial charge in [-0.05, 0) is 17.7 Å². The summed E-state index contributed by atoms with van der Waals surface area (Å²) < 4.78 is 0. The van der Waals surface area contributed by atoms with E-state index in [-0.39, 0.29) is 17.0 Å². The fourth-order valence-electron chi connectivity index (χ4n) is 3.03. The van der Waals surface area contributed by atoms with Gasteiger partial charge >= 0.3 is 0 Å². The van der Waals surface area contributed by atoms with E-state index in [4.69, 9.17) is 0 Å². The number of nitrogens with one attached hydrogen (secondary N) is 2. The highest BCUT2D eigenvalue weighted by Gasteiger charge is 2.31. The molecule has 1 amide bonds. The standard InChI is InChI=1S/C18H21N3O2/c22-18(17-10-6-12-21(17)23)20-16(14-7-2-1-3-8-14)13-15-9-4-5-11-19-15/h1-5,7-9,11,16-17,21H,6,10,12-13H2,(H,20,22)/t16-,17-/m0/s1. The summed E-state index contributed by atoms with van der Waals surface area (Å²) in [6, 6.07) is 14.9. The van der Waals surface area contributed by atoms with Crippen LogP contribution in [0.5, 0.6) is 0 Å². The third kappa shape index (κ3) is 3.94. The van der Waals surface area contributed by atoms with Crippen molar-refractivity contribution >= 4 is 5.91 Å². The number of carbonyl (C=O) groups is 1. The van der Waals surface area contributed by atoms with Gasteiger partial charge in [-0.3, -0.25) is 9.78 Å². The molecule has 2 aromatic rings. The van der Waals surface area contributed by atoms with Crippen molar-refractivity contribution in [1.82, 2.24) is 10.3 Å². The Labute approximate surface area is 135 Å². The number of hydroxylamine groups is 2. The van der Waals surface area contributed by atoms with Crippen LogP contribution >= 0.6 is 0 Å². The van der Waals surface area contributed by atoms with E-state index in [1.165, 1.54) is 0 Å². The van der Waals surface area contributed by atoms with Crippen LogP contribution in [0.4, 0.5) is 0 Å². The number of benzene rings is 1. The maximum atomic E-state index is 12.5. The molecule has 1 aliphatic heterocycles. The highest BCUT2D eigenvalue weighted by Crippen LogP contribution is 2.18. The van der Waals surface area contributed by atoms with Crippen LogP contribution < -0.4 is 10.4 Å². The quantitative estimate of drug-likeness (QED) is 0.810. The number of hydrogen-bond donors (Lipinski definition) is 2. The summed E-state index contributed by atoms with van der Waals surface area (Å²) in [6.45, 7) is 0.522. The highest BCUT2D eigenvalue weighted by atomic mass is 16.5. The fourth-order valence-corrected chi connectivity index (χ4v) is 3.03. The fraction of sp³-hybridized carbons (Fsp3) is 0.333. The number of amides is 1. The van der Waals surface area contributed by atoms with Gasteiger partial charge in [0.15, 0.2) is 6.04 Å². The molecule has 3 rings (SSSR count). The van der Waals surface area contributed by atoms with Gasteiger partial charge in [-0.2, -0.15) is 0 Å². The lowest BCUT2D eigenvalue weighted by Crippen LogP contribution is -3.10. The second-order valence-electron chi connectivity index (χ2n) is 5.91. The van der Waals surface area contributed by atoms with Gasteiger partial charge < -0.3 is 15.6 Å². The number of pyridine rings is 1. The molecule has 5 heteroatoms. The summed E-state index contributed by atoms with van der Waals surface area (Å²) in [5, 5.41) is 14.9. The van der Waals surface area contributed by atoms with E-state index >= 15 is 0 Å². The molecule has 0 aliphatic carbocycles. The Morgan fingerprint density at radius 3 is 2.70 bits per heavy atom. The molecule has 2 N–H and O–H groups in total. The first-order valence-corrected chi connectivity index (χ1v) is 8.02. The van der Waals surface area contributed by atoms with Crippen LogP contribution in [0.15, 0.2) is 54.7 Å². The topological polar surface area (TPSA) is 69.5 Å². The first-order valence-electron chi connectivity index (χ1n) is 8.02. The number of aromatic nitrogens is 1. The van der Waals surface area contributed by atoms with Crippen molar-refractivity contribution in [1.29, 1.82) is 0 Å². The maximum Gasteiger partial charge on any atom is 0.279 e. The smallest absolute Gasteiger partial charge is 0.279 e. The summed E-state index contributed by atoms with van der Waals surface area (Å²) in [6.07, 6.45) is 3.83. The third-order valence-corrected chi connectivity index (χ3v) is 4.28. The Morgan fingerprint density at radius 1 is 1.26 bits per heavy atom. The molecule has 1 aliphatic rings. The molecule has 23 heavy (non-hydrogen) atoms. The first-order chi connectivity index (χ1) is 11.2. The molecular weight excluding hydrogens is 290 g/mol. The summed E-state index contributed by atoms with van der Waals surface area (Å²) in [7, 11) is 0. The molecule has 1 aromatic heterocycles. The van der Waals surface area contributed by atoms with Crippen molar-refractivity contribution in [2.75, 3.05) is 6.54 Å². The summed E-state index contributed by atoms with van der Waals surface area (Å²) in [5.41, 5.74) is 1.94. The predicted octanol–water partition coefficient (Wildman–Crippen LogP) is 1.03. The number of rotatable bonds is 5. The van der Waals surface area contributed by atoms with Crippen molar-refractivity contribution in [3.63, 3.8) is 0 Å². The number of nitrogens with zero attached hydrogens (tertiary/aromatic N) is 1. The Bertz CT molecular complexity index is 633. The molecule has 120 valence electrons. The largest absolute Gasteiger partial charge is 0.634 e. The van der Waals surface area contributed by atoms with Gasteiger partial charge in [0, 0.05) is 31.2 Å². The molecule has 0 spiro atoms. The average Bonchev–Trinajstić information content (AvgIpc) is 3.02. The van der Waals surface area contributed by atoms with Gasteiger partial charge in [0.05, 0.1) is 12.6 Å². The lowest BCUT2D eigenvalue weighted by Gasteiger charge is -2.26. The lowest BCUT2D eigenvalue weighted by molar-refractivity contribution is -0.851. The second-order valence-corrected chi connectivity index (χ2v) is 5.91. The Morgan fingerprint density at radius 2 is 2.04 bits per heavy atom. The van der Waals surface area contributed by atoms with E-state index in [0.29, 0.717) is 19.4 Å². The van der Waals surface area contributed by atoms with Crippen LogP contribution in [0, 0.1) is 5.21 Å². The zero-order valence-electron chi connectivity index (χ0n) is 12.9. The van der Waals surface area contributed by atoms with Crippen LogP contribution in [0.25, 0.3) is 0 Å². The van der Waals surface area contributed by atoms with E-state index < -0.39 is 6.04 Å². The molecule has 0 bridgehead atoms. The molecule has 5 nitrogen and oxygen atoms in total. The molecule has 2 heterocycles. The highest BCUT2D eigenvalue weighted by molar-refractivity contribution is 5.81. The molecular formula is C18H21N3O2. The molecule has 0 saturated carbocycles. The normalized spacial score (nSPS) is 21.8. The van der Waals surface area contributed by atoms with E-state index in [2.05, 4.69) is 10.3 Å². The summed E-state index contributed by atoms with van der Waals surface area (Å²) in [5.74, 6) is -0.155. The van der Waals surface area contributed by atoms with Crippen LogP contribution in [-0.2, 0) is 11.2 Å². The second kappa shape index (κ2) is 7.35. The third-order valence-electron chi connectivity index (χ3n) is 4.28. The number of hydrogen-bond acceptors (Lipinski definition) is 3. The molecule has 0 radical (unpaired) electrons. The Kier molecular flexibility index (Phi) is 5.00. The molecule has 1 saturated heterocycles. The van der Waals surface area contributed by atoms with Crippen molar-refractivity contribution in [2.24, 2.45) is 0 Å². The minimum absolute atomic E-state index is 0.0622. The van der Waals surface area contributed by atoms with Crippen LogP contribution in [0.3, 0.4) is 0 Å². The van der Waals surface area contributed by atoms with Gasteiger partial charge in [0.1, 0.15) is 0 Å². The van der Waals surface area contributed by atoms with Gasteiger partial charge in [-0.25, -0.2) is 0 Å². The molecule has 1 aromatic carbocycles. The zero-order chi connectivity index (χ0) is 16.1. The van der Waals surface area contributed by atoms with Gasteiger partial charge in [-0.15, -0.1) is 0 Å². The predicted molar refractivity (Wildman–Crippen MR) is 87.5 cm³/mol. The van der Waals surface area contributed by atoms with Crippen molar-refractivity contribution in [2.45, 2.75) is 31.3 Å². The van der Waals surface area contributed by atoms with Gasteiger partial charge in [0.2, 0.25) is 0 Å². The minimum Gasteiger partial charge on any atom is -0.634 e. The summed E-state index contributed by atoms with van der Waals surface area (Å²) in [4.78, 5) is 16.8. The lowest BCUT2D eigenvalue weighted by atomic mass is 10.0. The van der Waals surface area contributed by atoms with E-state index in [9.17, 15) is 10.0 Å². The number of carbonyl (C=O) groups excluding carboxylic acids is 1. The maximum absolute atomic E-state index is 12.5. The Hall–Kier alpha value is -2.24. The van der Waals surface area contributed by atoms with Crippen molar-refractivity contribution in [3.8, 4) is 0 Å². The van der Waals surface area contributed by atoms with Crippen molar-refractivity contribution < 1.29 is 9.86 Å². The SMILES string of the molecule is O=C(N[C@@H](Cc1ccccn1)c1ccccc1)[C@@H]1CCC[NH+]1[O-]. The van der Waals surface area contributed by atoms with Crippen molar-refractivity contribution in [3.05, 3.63) is 71.2 Å². The van der Waals surface area contributed by atoms with E-state index in [1.54, 1.807) is 6.20 Å². The Balaban J connectivity index is 1.76. The molecule has 3 atom stereocenters. The zero-order valence-corrected chi connectivity index (χ0v) is 12.9. The van der Waals surface area contributed by atoms with Crippen LogP contribution in [0.1, 0.15) is 30.1 Å². The number of quaternary nitrogens is 1. The minimum atomic E-state index is -0.482. The molecule has 1 unspecified atom stereocenters. The average molecular weight is 311 g/mol. The molecule has 1 fully saturated rings.